The fourth-order valence-electron chi connectivity index (χ4n) is 3.60. The fourth-order valence-corrected chi connectivity index (χ4v) is 3.60. The molecule has 176 valence electrons. The zero-order valence-corrected chi connectivity index (χ0v) is 19.4. The number of amides is 2. The first-order chi connectivity index (χ1) is 14.6. The average Bonchev–Trinajstić information content (AvgIpc) is 3.18. The van der Waals surface area contributed by atoms with Crippen LogP contribution in [0.25, 0.3) is 0 Å². The smallest absolute Gasteiger partial charge is 0.305 e. The molecule has 0 saturated carbocycles. The van der Waals surface area contributed by atoms with Gasteiger partial charge in [-0.3, -0.25) is 14.4 Å². The zero-order valence-electron chi connectivity index (χ0n) is 19.4. The molecule has 0 aromatic rings. The summed E-state index contributed by atoms with van der Waals surface area (Å²) in [5, 5.41) is 12.5. The van der Waals surface area contributed by atoms with Gasteiger partial charge in [0.25, 0.3) is 0 Å². The average molecular weight is 437 g/mol. The highest BCUT2D eigenvalue weighted by atomic mass is 16.5. The van der Waals surface area contributed by atoms with E-state index in [9.17, 15) is 19.5 Å². The summed E-state index contributed by atoms with van der Waals surface area (Å²) in [6.07, 6.45) is 7.22. The maximum Gasteiger partial charge on any atom is 0.305 e. The number of aliphatic hydroxyl groups is 1. The van der Waals surface area contributed by atoms with Crippen LogP contribution in [0.2, 0.25) is 0 Å². The Balaban J connectivity index is 2.73. The normalized spacial score (nSPS) is 18.2. The molecule has 0 aromatic carbocycles. The molecule has 7 heteroatoms. The first-order valence-corrected chi connectivity index (χ1v) is 11.2. The number of hydrogen-bond acceptors (Lipinski definition) is 5. The van der Waals surface area contributed by atoms with Crippen LogP contribution in [0.4, 0.5) is 0 Å². The summed E-state index contributed by atoms with van der Waals surface area (Å²) in [7, 11) is 0. The lowest BCUT2D eigenvalue weighted by Gasteiger charge is -2.32. The van der Waals surface area contributed by atoms with Crippen molar-refractivity contribution in [1.29, 1.82) is 0 Å². The third-order valence-corrected chi connectivity index (χ3v) is 5.71. The molecule has 1 aliphatic rings. The van der Waals surface area contributed by atoms with Crippen molar-refractivity contribution in [3.05, 3.63) is 25.3 Å². The van der Waals surface area contributed by atoms with E-state index >= 15 is 0 Å². The van der Waals surface area contributed by atoms with Gasteiger partial charge in [0.15, 0.2) is 0 Å². The summed E-state index contributed by atoms with van der Waals surface area (Å²) in [5.74, 6) is -1.24. The third kappa shape index (κ3) is 9.25. The Hall–Kier alpha value is -2.15. The summed E-state index contributed by atoms with van der Waals surface area (Å²) >= 11 is 0. The number of hydrogen-bond donors (Lipinski definition) is 2. The van der Waals surface area contributed by atoms with Crippen LogP contribution in [0.5, 0.6) is 0 Å². The van der Waals surface area contributed by atoms with Gasteiger partial charge in [-0.2, -0.15) is 0 Å². The largest absolute Gasteiger partial charge is 0.463 e. The SMILES string of the molecule is C=CCCCC(=O)OC[C@@H](NC(=O)[C@H](CC=C)CC(=O)N1CCC[C@H]1CO)C(C)(C)C. The van der Waals surface area contributed by atoms with Gasteiger partial charge in [0.2, 0.25) is 11.8 Å². The van der Waals surface area contributed by atoms with Crippen molar-refractivity contribution in [2.24, 2.45) is 11.3 Å². The molecule has 2 amide bonds. The van der Waals surface area contributed by atoms with Crippen molar-refractivity contribution in [2.75, 3.05) is 19.8 Å². The Morgan fingerprint density at radius 1 is 1.26 bits per heavy atom. The molecule has 2 N–H and O–H groups in total. The minimum atomic E-state index is -0.557. The number of ether oxygens (including phenoxy) is 1. The van der Waals surface area contributed by atoms with E-state index in [0.717, 1.165) is 19.3 Å². The van der Waals surface area contributed by atoms with Crippen LogP contribution in [0.1, 0.15) is 65.7 Å². The standard InChI is InChI=1S/C24H40N2O5/c1-6-8-9-13-22(29)31-17-20(24(3,4)5)25-23(30)18(11-7-2)15-21(28)26-14-10-12-19(26)16-27/h6-7,18-20,27H,1-2,8-17H2,3-5H3,(H,25,30)/t18-,19+,20-/m1/s1. The maximum atomic E-state index is 13.0. The molecule has 0 spiro atoms. The van der Waals surface area contributed by atoms with E-state index in [2.05, 4.69) is 18.5 Å². The van der Waals surface area contributed by atoms with Gasteiger partial charge in [0, 0.05) is 19.4 Å². The van der Waals surface area contributed by atoms with Crippen LogP contribution in [0, 0.1) is 11.3 Å². The molecule has 0 radical (unpaired) electrons. The van der Waals surface area contributed by atoms with E-state index in [-0.39, 0.29) is 54.9 Å². The third-order valence-electron chi connectivity index (χ3n) is 5.71. The molecular formula is C24H40N2O5. The van der Waals surface area contributed by atoms with Crippen molar-refractivity contribution in [3.8, 4) is 0 Å². The van der Waals surface area contributed by atoms with E-state index in [0.29, 0.717) is 25.8 Å². The van der Waals surface area contributed by atoms with E-state index in [1.54, 1.807) is 17.1 Å². The van der Waals surface area contributed by atoms with E-state index < -0.39 is 5.92 Å². The van der Waals surface area contributed by atoms with Crippen LogP contribution < -0.4 is 5.32 Å². The zero-order chi connectivity index (χ0) is 23.4. The highest BCUT2D eigenvalue weighted by Gasteiger charge is 2.33. The molecule has 1 fully saturated rings. The van der Waals surface area contributed by atoms with Gasteiger partial charge in [0.1, 0.15) is 6.61 Å². The molecule has 7 nitrogen and oxygen atoms in total. The van der Waals surface area contributed by atoms with Gasteiger partial charge in [-0.25, -0.2) is 0 Å². The number of allylic oxidation sites excluding steroid dienone is 2. The molecule has 1 heterocycles. The molecule has 0 aliphatic carbocycles. The topological polar surface area (TPSA) is 95.9 Å². The number of esters is 1. The van der Waals surface area contributed by atoms with Crippen LogP contribution >= 0.6 is 0 Å². The quantitative estimate of drug-likeness (QED) is 0.263. The predicted octanol–water partition coefficient (Wildman–Crippen LogP) is 2.98. The minimum Gasteiger partial charge on any atom is -0.463 e. The van der Waals surface area contributed by atoms with E-state index in [4.69, 9.17) is 4.74 Å². The Morgan fingerprint density at radius 2 is 1.97 bits per heavy atom. The summed E-state index contributed by atoms with van der Waals surface area (Å²) in [5.41, 5.74) is -0.337. The highest BCUT2D eigenvalue weighted by Crippen LogP contribution is 2.23. The van der Waals surface area contributed by atoms with E-state index in [1.807, 2.05) is 20.8 Å². The van der Waals surface area contributed by atoms with Gasteiger partial charge in [-0.05, 0) is 37.5 Å². The second kappa shape index (κ2) is 13.3. The second-order valence-electron chi connectivity index (χ2n) is 9.28. The van der Waals surface area contributed by atoms with Crippen molar-refractivity contribution in [2.45, 2.75) is 77.8 Å². The number of unbranched alkanes of at least 4 members (excludes halogenated alkanes) is 1. The number of aliphatic hydroxyl groups excluding tert-OH is 1. The Labute approximate surface area is 186 Å². The van der Waals surface area contributed by atoms with Gasteiger partial charge in [-0.15, -0.1) is 13.2 Å². The lowest BCUT2D eigenvalue weighted by atomic mass is 9.86. The first-order valence-electron chi connectivity index (χ1n) is 11.2. The van der Waals surface area contributed by atoms with E-state index in [1.165, 1.54) is 0 Å². The van der Waals surface area contributed by atoms with Crippen LogP contribution in [0.3, 0.4) is 0 Å². The lowest BCUT2D eigenvalue weighted by molar-refractivity contribution is -0.146. The van der Waals surface area contributed by atoms with Crippen LogP contribution in [-0.2, 0) is 19.1 Å². The minimum absolute atomic E-state index is 0.0612. The van der Waals surface area contributed by atoms with Gasteiger partial charge in [0.05, 0.1) is 24.6 Å². The molecule has 0 bridgehead atoms. The molecule has 1 aliphatic heterocycles. The van der Waals surface area contributed by atoms with Gasteiger partial charge < -0.3 is 20.1 Å². The van der Waals surface area contributed by atoms with Crippen molar-refractivity contribution in [3.63, 3.8) is 0 Å². The maximum absolute atomic E-state index is 13.0. The predicted molar refractivity (Wildman–Crippen MR) is 121 cm³/mol. The Morgan fingerprint density at radius 3 is 2.55 bits per heavy atom. The lowest BCUT2D eigenvalue weighted by Crippen LogP contribution is -2.49. The molecular weight excluding hydrogens is 396 g/mol. The van der Waals surface area contributed by atoms with Crippen molar-refractivity contribution in [1.82, 2.24) is 10.2 Å². The summed E-state index contributed by atoms with van der Waals surface area (Å²) in [6, 6.07) is -0.550. The fraction of sp³-hybridized carbons (Fsp3) is 0.708. The molecule has 3 atom stereocenters. The monoisotopic (exact) mass is 436 g/mol. The first kappa shape index (κ1) is 26.9. The molecule has 31 heavy (non-hydrogen) atoms. The Bertz CT molecular complexity index is 626. The number of carbonyl (C=O) groups excluding carboxylic acids is 3. The number of likely N-dealkylation sites (tertiary alicyclic amines) is 1. The number of nitrogens with one attached hydrogen (secondary N) is 1. The van der Waals surface area contributed by atoms with Gasteiger partial charge in [-0.1, -0.05) is 32.9 Å². The molecule has 1 saturated heterocycles. The number of rotatable bonds is 13. The van der Waals surface area contributed by atoms with Crippen LogP contribution in [0.15, 0.2) is 25.3 Å². The molecule has 1 rings (SSSR count). The van der Waals surface area contributed by atoms with Gasteiger partial charge >= 0.3 is 5.97 Å². The Kier molecular flexibility index (Phi) is 11.5. The van der Waals surface area contributed by atoms with Crippen molar-refractivity contribution >= 4 is 17.8 Å². The van der Waals surface area contributed by atoms with Crippen molar-refractivity contribution < 1.29 is 24.2 Å². The summed E-state index contributed by atoms with van der Waals surface area (Å²) in [6.45, 7) is 13.9. The summed E-state index contributed by atoms with van der Waals surface area (Å²) < 4.78 is 5.40. The highest BCUT2D eigenvalue weighted by molar-refractivity contribution is 5.86. The summed E-state index contributed by atoms with van der Waals surface area (Å²) in [4.78, 5) is 39.4. The second-order valence-corrected chi connectivity index (χ2v) is 9.28. The number of carbonyl (C=O) groups is 3. The molecule has 0 unspecified atom stereocenters. The molecule has 0 aromatic heterocycles. The van der Waals surface area contributed by atoms with Crippen LogP contribution in [-0.4, -0.2) is 59.6 Å². The number of nitrogens with zero attached hydrogens (tertiary/aromatic N) is 1.